The van der Waals surface area contributed by atoms with E-state index in [4.69, 9.17) is 0 Å². The van der Waals surface area contributed by atoms with Gasteiger partial charge in [0, 0.05) is 18.2 Å². The summed E-state index contributed by atoms with van der Waals surface area (Å²) in [5.74, 6) is -0.157. The molecule has 2 aromatic carbocycles. The molecule has 2 aromatic rings. The van der Waals surface area contributed by atoms with Gasteiger partial charge in [0.2, 0.25) is 5.91 Å². The Morgan fingerprint density at radius 3 is 2.67 bits per heavy atom. The third-order valence-corrected chi connectivity index (χ3v) is 4.22. The number of nitro groups is 1. The second-order valence-electron chi connectivity index (χ2n) is 5.83. The molecule has 3 rings (SSSR count). The van der Waals surface area contributed by atoms with E-state index >= 15 is 0 Å². The molecule has 0 aromatic heterocycles. The topological polar surface area (TPSA) is 72.2 Å². The molecule has 0 saturated carbocycles. The average molecular weight is 322 g/mol. The molecule has 0 heterocycles. The van der Waals surface area contributed by atoms with Crippen molar-refractivity contribution in [2.45, 2.75) is 25.3 Å². The fourth-order valence-electron chi connectivity index (χ4n) is 3.00. The average Bonchev–Trinajstić information content (AvgIpc) is 2.61. The summed E-state index contributed by atoms with van der Waals surface area (Å²) in [4.78, 5) is 22.3. The standard InChI is InChI=1S/C19H18N2O3/c22-19(13-10-14-8-11-16(12-9-14)21(23)24)20-18-7-3-5-15-4-1-2-6-17(15)18/h1-2,4,6,8-13,18H,3,5,7H2,(H,20,22)/b13-10+/t18-/m1/s1. The van der Waals surface area contributed by atoms with E-state index in [2.05, 4.69) is 17.4 Å². The lowest BCUT2D eigenvalue weighted by molar-refractivity contribution is -0.384. The largest absolute Gasteiger partial charge is 0.346 e. The first-order valence-electron chi connectivity index (χ1n) is 7.94. The summed E-state index contributed by atoms with van der Waals surface area (Å²) in [5.41, 5.74) is 3.28. The van der Waals surface area contributed by atoms with Crippen LogP contribution in [-0.2, 0) is 11.2 Å². The molecule has 0 bridgehead atoms. The summed E-state index contributed by atoms with van der Waals surface area (Å²) < 4.78 is 0. The van der Waals surface area contributed by atoms with Gasteiger partial charge in [-0.3, -0.25) is 14.9 Å². The van der Waals surface area contributed by atoms with E-state index in [-0.39, 0.29) is 17.6 Å². The summed E-state index contributed by atoms with van der Waals surface area (Å²) >= 11 is 0. The van der Waals surface area contributed by atoms with Gasteiger partial charge < -0.3 is 5.32 Å². The Kier molecular flexibility index (Phi) is 4.70. The Morgan fingerprint density at radius 2 is 1.92 bits per heavy atom. The maximum atomic E-state index is 12.2. The number of fused-ring (bicyclic) bond motifs is 1. The summed E-state index contributed by atoms with van der Waals surface area (Å²) in [6.07, 6.45) is 6.19. The molecule has 0 radical (unpaired) electrons. The molecular weight excluding hydrogens is 304 g/mol. The number of non-ortho nitro benzene ring substituents is 1. The van der Waals surface area contributed by atoms with Gasteiger partial charge in [0.15, 0.2) is 0 Å². The lowest BCUT2D eigenvalue weighted by atomic mass is 9.88. The quantitative estimate of drug-likeness (QED) is 0.528. The number of nitro benzene ring substituents is 1. The van der Waals surface area contributed by atoms with Crippen molar-refractivity contribution in [3.05, 3.63) is 81.4 Å². The van der Waals surface area contributed by atoms with Crippen LogP contribution < -0.4 is 5.32 Å². The normalized spacial score (nSPS) is 16.6. The van der Waals surface area contributed by atoms with Crippen LogP contribution in [0.5, 0.6) is 0 Å². The van der Waals surface area contributed by atoms with Gasteiger partial charge in [-0.2, -0.15) is 0 Å². The Morgan fingerprint density at radius 1 is 1.17 bits per heavy atom. The molecule has 5 nitrogen and oxygen atoms in total. The highest BCUT2D eigenvalue weighted by Gasteiger charge is 2.20. The van der Waals surface area contributed by atoms with Crippen LogP contribution in [0.1, 0.15) is 35.6 Å². The van der Waals surface area contributed by atoms with Crippen LogP contribution in [0.3, 0.4) is 0 Å². The highest BCUT2D eigenvalue weighted by atomic mass is 16.6. The van der Waals surface area contributed by atoms with Gasteiger partial charge in [0.05, 0.1) is 11.0 Å². The summed E-state index contributed by atoms with van der Waals surface area (Å²) in [6.45, 7) is 0. The lowest BCUT2D eigenvalue weighted by Crippen LogP contribution is -2.29. The molecule has 1 aliphatic rings. The van der Waals surface area contributed by atoms with Gasteiger partial charge in [0.1, 0.15) is 0 Å². The molecule has 0 spiro atoms. The maximum absolute atomic E-state index is 12.2. The van der Waals surface area contributed by atoms with Gasteiger partial charge in [-0.15, -0.1) is 0 Å². The van der Waals surface area contributed by atoms with Crippen LogP contribution in [0.25, 0.3) is 6.08 Å². The molecule has 1 aliphatic carbocycles. The summed E-state index contributed by atoms with van der Waals surface area (Å²) in [6, 6.07) is 14.3. The molecule has 0 saturated heterocycles. The smallest absolute Gasteiger partial charge is 0.269 e. The van der Waals surface area contributed by atoms with Gasteiger partial charge >= 0.3 is 0 Å². The number of nitrogens with zero attached hydrogens (tertiary/aromatic N) is 1. The first-order valence-corrected chi connectivity index (χ1v) is 7.94. The van der Waals surface area contributed by atoms with Gasteiger partial charge in [0.25, 0.3) is 5.69 Å². The van der Waals surface area contributed by atoms with Gasteiger partial charge in [-0.1, -0.05) is 24.3 Å². The Labute approximate surface area is 140 Å². The van der Waals surface area contributed by atoms with Crippen molar-refractivity contribution in [3.63, 3.8) is 0 Å². The molecule has 1 amide bonds. The number of amides is 1. The number of benzene rings is 2. The van der Waals surface area contributed by atoms with Crippen molar-refractivity contribution in [2.75, 3.05) is 0 Å². The number of aryl methyl sites for hydroxylation is 1. The predicted octanol–water partition coefficient (Wildman–Crippen LogP) is 3.80. The van der Waals surface area contributed by atoms with E-state index in [0.717, 1.165) is 24.8 Å². The Hall–Kier alpha value is -2.95. The number of hydrogen-bond acceptors (Lipinski definition) is 3. The van der Waals surface area contributed by atoms with Crippen LogP contribution >= 0.6 is 0 Å². The summed E-state index contributed by atoms with van der Waals surface area (Å²) in [7, 11) is 0. The van der Waals surface area contributed by atoms with Crippen LogP contribution in [0.15, 0.2) is 54.6 Å². The minimum absolute atomic E-state index is 0.0374. The second-order valence-corrected chi connectivity index (χ2v) is 5.83. The van der Waals surface area contributed by atoms with Crippen molar-refractivity contribution in [1.29, 1.82) is 0 Å². The number of hydrogen-bond donors (Lipinski definition) is 1. The van der Waals surface area contributed by atoms with Crippen LogP contribution in [0.4, 0.5) is 5.69 Å². The predicted molar refractivity (Wildman–Crippen MR) is 92.4 cm³/mol. The molecule has 0 fully saturated rings. The molecule has 24 heavy (non-hydrogen) atoms. The lowest BCUT2D eigenvalue weighted by Gasteiger charge is -2.25. The number of carbonyl (C=O) groups excluding carboxylic acids is 1. The zero-order chi connectivity index (χ0) is 16.9. The van der Waals surface area contributed by atoms with Crippen molar-refractivity contribution < 1.29 is 9.72 Å². The third kappa shape index (κ3) is 3.68. The minimum atomic E-state index is -0.444. The summed E-state index contributed by atoms with van der Waals surface area (Å²) in [5, 5.41) is 13.7. The monoisotopic (exact) mass is 322 g/mol. The second kappa shape index (κ2) is 7.08. The zero-order valence-corrected chi connectivity index (χ0v) is 13.1. The van der Waals surface area contributed by atoms with Crippen LogP contribution in [-0.4, -0.2) is 10.8 Å². The van der Waals surface area contributed by atoms with Crippen molar-refractivity contribution >= 4 is 17.7 Å². The molecule has 1 N–H and O–H groups in total. The van der Waals surface area contributed by atoms with Crippen molar-refractivity contribution in [2.24, 2.45) is 0 Å². The first kappa shape index (κ1) is 15.9. The van der Waals surface area contributed by atoms with E-state index in [0.29, 0.717) is 0 Å². The van der Waals surface area contributed by atoms with Crippen molar-refractivity contribution in [1.82, 2.24) is 5.32 Å². The molecule has 122 valence electrons. The SMILES string of the molecule is O=C(/C=C/c1ccc([N+](=O)[O-])cc1)N[C@@H]1CCCc2ccccc21. The van der Waals surface area contributed by atoms with E-state index < -0.39 is 4.92 Å². The highest BCUT2D eigenvalue weighted by Crippen LogP contribution is 2.29. The highest BCUT2D eigenvalue weighted by molar-refractivity contribution is 5.92. The number of rotatable bonds is 4. The Bertz CT molecular complexity index is 781. The van der Waals surface area contributed by atoms with E-state index in [1.807, 2.05) is 12.1 Å². The molecule has 1 atom stereocenters. The first-order chi connectivity index (χ1) is 11.6. The van der Waals surface area contributed by atoms with Crippen LogP contribution in [0.2, 0.25) is 0 Å². The molecular formula is C19H18N2O3. The van der Waals surface area contributed by atoms with Gasteiger partial charge in [-0.05, 0) is 54.2 Å². The van der Waals surface area contributed by atoms with E-state index in [9.17, 15) is 14.9 Å². The number of nitrogens with one attached hydrogen (secondary N) is 1. The fraction of sp³-hybridized carbons (Fsp3) is 0.211. The van der Waals surface area contributed by atoms with E-state index in [1.165, 1.54) is 29.3 Å². The Balaban J connectivity index is 1.65. The molecule has 0 aliphatic heterocycles. The molecule has 5 heteroatoms. The van der Waals surface area contributed by atoms with Gasteiger partial charge in [-0.25, -0.2) is 0 Å². The maximum Gasteiger partial charge on any atom is 0.269 e. The minimum Gasteiger partial charge on any atom is -0.346 e. The van der Waals surface area contributed by atoms with E-state index in [1.54, 1.807) is 18.2 Å². The third-order valence-electron chi connectivity index (χ3n) is 4.22. The number of carbonyl (C=O) groups is 1. The zero-order valence-electron chi connectivity index (χ0n) is 13.1. The van der Waals surface area contributed by atoms with Crippen molar-refractivity contribution in [3.8, 4) is 0 Å². The fourth-order valence-corrected chi connectivity index (χ4v) is 3.00. The molecule has 0 unspecified atom stereocenters. The van der Waals surface area contributed by atoms with Crippen LogP contribution in [0, 0.1) is 10.1 Å².